The number of aryl methyl sites for hydroxylation is 1. The first-order chi connectivity index (χ1) is 25.1. The highest BCUT2D eigenvalue weighted by atomic mass is 28.3. The Kier molecular flexibility index (Phi) is 6.67. The van der Waals surface area contributed by atoms with Gasteiger partial charge in [0.05, 0.1) is 22.1 Å². The van der Waals surface area contributed by atoms with E-state index in [4.69, 9.17) is 9.72 Å². The number of para-hydroxylation sites is 5. The largest absolute Gasteiger partial charge is 0.457 e. The van der Waals surface area contributed by atoms with Crippen LogP contribution in [0.4, 0.5) is 0 Å². The van der Waals surface area contributed by atoms with Gasteiger partial charge in [-0.3, -0.25) is 8.97 Å². The molecule has 1 atom stereocenters. The molecular weight excluding hydrogens is 639 g/mol. The number of fused-ring (bicyclic) bond motifs is 7. The van der Waals surface area contributed by atoms with E-state index in [9.17, 15) is 0 Å². The molecule has 0 aliphatic carbocycles. The molecule has 3 heterocycles. The summed E-state index contributed by atoms with van der Waals surface area (Å²) in [5.41, 5.74) is 9.15. The summed E-state index contributed by atoms with van der Waals surface area (Å²) in [6.07, 6.45) is 0. The second kappa shape index (κ2) is 11.4. The number of aromatic nitrogens is 3. The van der Waals surface area contributed by atoms with E-state index in [-0.39, 0.29) is 5.92 Å². The minimum Gasteiger partial charge on any atom is -0.457 e. The third-order valence-corrected chi connectivity index (χ3v) is 15.7. The Hall–Kier alpha value is -6.17. The smallest absolute Gasteiger partial charge is 0.220 e. The van der Waals surface area contributed by atoms with Crippen LogP contribution in [-0.2, 0) is 0 Å². The van der Waals surface area contributed by atoms with E-state index in [0.717, 1.165) is 45.0 Å². The number of ether oxygens (including phenoxy) is 1. The lowest BCUT2D eigenvalue weighted by atomic mass is 9.90. The summed E-state index contributed by atoms with van der Waals surface area (Å²) in [4.78, 5) is 5.23. The molecule has 51 heavy (non-hydrogen) atoms. The van der Waals surface area contributed by atoms with Crippen LogP contribution in [0.5, 0.6) is 11.5 Å². The van der Waals surface area contributed by atoms with Gasteiger partial charge in [0.15, 0.2) is 8.07 Å². The van der Waals surface area contributed by atoms with Gasteiger partial charge in [0.25, 0.3) is 0 Å². The summed E-state index contributed by atoms with van der Waals surface area (Å²) in [5, 5.41) is 5.19. The Labute approximate surface area is 297 Å². The molecule has 1 aliphatic rings. The van der Waals surface area contributed by atoms with Crippen LogP contribution in [0.15, 0.2) is 170 Å². The summed E-state index contributed by atoms with van der Waals surface area (Å²) >= 11 is 0. The molecule has 244 valence electrons. The van der Waals surface area contributed by atoms with Crippen LogP contribution in [0.2, 0.25) is 0 Å². The van der Waals surface area contributed by atoms with Crippen molar-refractivity contribution in [2.75, 3.05) is 0 Å². The van der Waals surface area contributed by atoms with Crippen LogP contribution < -0.4 is 25.5 Å². The minimum absolute atomic E-state index is 0.212. The lowest BCUT2D eigenvalue weighted by Gasteiger charge is -2.38. The quantitative estimate of drug-likeness (QED) is 0.136. The highest BCUT2D eigenvalue weighted by molar-refractivity contribution is 7.20. The van der Waals surface area contributed by atoms with E-state index in [1.54, 1.807) is 0 Å². The molecule has 0 saturated carbocycles. The van der Waals surface area contributed by atoms with Crippen molar-refractivity contribution < 1.29 is 4.74 Å². The number of rotatable bonds is 5. The summed E-state index contributed by atoms with van der Waals surface area (Å²) in [7, 11) is -2.93. The van der Waals surface area contributed by atoms with Crippen molar-refractivity contribution >= 4 is 56.7 Å². The molecule has 9 aromatic rings. The molecule has 0 bridgehead atoms. The predicted molar refractivity (Wildman–Crippen MR) is 212 cm³/mol. The lowest BCUT2D eigenvalue weighted by Crippen LogP contribution is -2.75. The summed E-state index contributed by atoms with van der Waals surface area (Å²) in [6, 6.07) is 61.8. The number of imidazole rings is 2. The number of hydrogen-bond donors (Lipinski definition) is 0. The molecule has 1 unspecified atom stereocenters. The van der Waals surface area contributed by atoms with E-state index in [2.05, 4.69) is 193 Å². The maximum atomic E-state index is 6.99. The van der Waals surface area contributed by atoms with Gasteiger partial charge in [-0.2, -0.15) is 0 Å². The predicted octanol–water partition coefficient (Wildman–Crippen LogP) is 8.37. The summed E-state index contributed by atoms with van der Waals surface area (Å²) in [5.74, 6) is 3.06. The number of hydrogen-bond acceptors (Lipinski definition) is 2. The molecular formula is C46H35N3OSi. The fourth-order valence-electron chi connectivity index (χ4n) is 8.54. The lowest BCUT2D eigenvalue weighted by molar-refractivity contribution is 0.453. The molecule has 0 amide bonds. The molecule has 0 saturated heterocycles. The van der Waals surface area contributed by atoms with Crippen molar-refractivity contribution in [3.05, 3.63) is 187 Å². The van der Waals surface area contributed by atoms with Crippen LogP contribution in [0.25, 0.3) is 33.5 Å². The maximum absolute atomic E-state index is 6.99. The van der Waals surface area contributed by atoms with Gasteiger partial charge in [-0.1, -0.05) is 140 Å². The normalized spacial score (nSPS) is 14.0. The van der Waals surface area contributed by atoms with Gasteiger partial charge in [0, 0.05) is 22.7 Å². The van der Waals surface area contributed by atoms with E-state index in [1.807, 2.05) is 0 Å². The van der Waals surface area contributed by atoms with E-state index in [1.165, 1.54) is 37.4 Å². The van der Waals surface area contributed by atoms with E-state index < -0.39 is 8.07 Å². The molecule has 0 N–H and O–H groups in total. The Morgan fingerprint density at radius 3 is 1.88 bits per heavy atom. The number of benzene rings is 7. The SMILES string of the molecule is Cc1cccc2c1nc1n(-c3ccc([Si](c4ccccc4)(c4ccccc4)c4cccc5c4Oc4ccccc4C5C)cc3)c3ccccc3n21. The average Bonchev–Trinajstić information content (AvgIpc) is 3.73. The van der Waals surface area contributed by atoms with Crippen molar-refractivity contribution in [1.29, 1.82) is 0 Å². The maximum Gasteiger partial charge on any atom is 0.220 e. The van der Waals surface area contributed by atoms with Gasteiger partial charge >= 0.3 is 0 Å². The van der Waals surface area contributed by atoms with Gasteiger partial charge in [0.2, 0.25) is 5.78 Å². The minimum atomic E-state index is -2.93. The first kappa shape index (κ1) is 29.7. The van der Waals surface area contributed by atoms with Crippen LogP contribution >= 0.6 is 0 Å². The molecule has 1 aliphatic heterocycles. The standard InChI is InChI=1S/C46H35N3OSi/c1-31-15-13-24-41-44(31)47-46-48(39-22-10-11-23-40(39)49(41)46)33-27-29-36(30-28-33)51(34-16-5-3-6-17-34,35-18-7-4-8-19-35)43-26-14-21-38-32(2)37-20-9-12-25-42(37)50-45(38)43/h3-30,32H,1-2H3. The Bertz CT molecular complexity index is 2710. The van der Waals surface area contributed by atoms with E-state index >= 15 is 0 Å². The van der Waals surface area contributed by atoms with Crippen molar-refractivity contribution in [1.82, 2.24) is 14.0 Å². The van der Waals surface area contributed by atoms with Gasteiger partial charge < -0.3 is 4.74 Å². The van der Waals surface area contributed by atoms with Gasteiger partial charge in [-0.05, 0) is 69.6 Å². The Morgan fingerprint density at radius 2 is 1.14 bits per heavy atom. The third kappa shape index (κ3) is 4.28. The van der Waals surface area contributed by atoms with Gasteiger partial charge in [-0.15, -0.1) is 0 Å². The fraction of sp³-hybridized carbons (Fsp3) is 0.0652. The highest BCUT2D eigenvalue weighted by Crippen LogP contribution is 2.43. The van der Waals surface area contributed by atoms with Crippen molar-refractivity contribution in [2.45, 2.75) is 19.8 Å². The van der Waals surface area contributed by atoms with Gasteiger partial charge in [-0.25, -0.2) is 4.98 Å². The molecule has 0 radical (unpaired) electrons. The van der Waals surface area contributed by atoms with Crippen LogP contribution in [0.1, 0.15) is 29.5 Å². The second-order valence-corrected chi connectivity index (χ2v) is 17.4. The van der Waals surface area contributed by atoms with Crippen molar-refractivity contribution in [3.63, 3.8) is 0 Å². The summed E-state index contributed by atoms with van der Waals surface area (Å²) < 4.78 is 11.6. The van der Waals surface area contributed by atoms with Crippen LogP contribution in [0.3, 0.4) is 0 Å². The number of nitrogens with zero attached hydrogens (tertiary/aromatic N) is 3. The highest BCUT2D eigenvalue weighted by Gasteiger charge is 2.45. The molecule has 4 nitrogen and oxygen atoms in total. The molecule has 2 aromatic heterocycles. The topological polar surface area (TPSA) is 31.5 Å². The molecule has 5 heteroatoms. The zero-order valence-electron chi connectivity index (χ0n) is 28.5. The van der Waals surface area contributed by atoms with Crippen LogP contribution in [-0.4, -0.2) is 22.0 Å². The third-order valence-electron chi connectivity index (χ3n) is 10.9. The molecule has 0 fully saturated rings. The monoisotopic (exact) mass is 673 g/mol. The zero-order chi connectivity index (χ0) is 34.1. The molecule has 10 rings (SSSR count). The Balaban J connectivity index is 1.24. The van der Waals surface area contributed by atoms with Crippen LogP contribution in [0, 0.1) is 6.92 Å². The first-order valence-corrected chi connectivity index (χ1v) is 19.6. The van der Waals surface area contributed by atoms with Crippen molar-refractivity contribution in [3.8, 4) is 17.2 Å². The first-order valence-electron chi connectivity index (χ1n) is 17.6. The molecule has 0 spiro atoms. The molecule has 7 aromatic carbocycles. The summed E-state index contributed by atoms with van der Waals surface area (Å²) in [6.45, 7) is 4.44. The Morgan fingerprint density at radius 1 is 0.549 bits per heavy atom. The van der Waals surface area contributed by atoms with E-state index in [0.29, 0.717) is 0 Å². The zero-order valence-corrected chi connectivity index (χ0v) is 29.5. The van der Waals surface area contributed by atoms with Gasteiger partial charge in [0.1, 0.15) is 11.5 Å². The fourth-order valence-corrected chi connectivity index (χ4v) is 13.4. The van der Waals surface area contributed by atoms with Crippen molar-refractivity contribution in [2.24, 2.45) is 0 Å². The second-order valence-electron chi connectivity index (χ2n) is 13.6. The average molecular weight is 674 g/mol.